The van der Waals surface area contributed by atoms with Crippen LogP contribution in [0.5, 0.6) is 0 Å². The minimum atomic E-state index is -0.0954. The van der Waals surface area contributed by atoms with Gasteiger partial charge in [0.05, 0.1) is 0 Å². The fourth-order valence-electron chi connectivity index (χ4n) is 14.2. The maximum absolute atomic E-state index is 4.68. The lowest BCUT2D eigenvalue weighted by atomic mass is 9.55. The van der Waals surface area contributed by atoms with Crippen LogP contribution in [0.25, 0.3) is 0 Å². The summed E-state index contributed by atoms with van der Waals surface area (Å²) in [7, 11) is 0. The zero-order valence-corrected chi connectivity index (χ0v) is 62.9. The van der Waals surface area contributed by atoms with Crippen LogP contribution in [0.1, 0.15) is 271 Å². The van der Waals surface area contributed by atoms with Crippen molar-refractivity contribution in [3.63, 3.8) is 0 Å². The largest absolute Gasteiger partial charge is 0.124 e. The van der Waals surface area contributed by atoms with Crippen molar-refractivity contribution in [3.05, 3.63) is 238 Å². The van der Waals surface area contributed by atoms with Gasteiger partial charge in [0, 0.05) is 10.8 Å². The lowest BCUT2D eigenvalue weighted by Gasteiger charge is -2.49. The third kappa shape index (κ3) is 22.6. The summed E-state index contributed by atoms with van der Waals surface area (Å²) in [6.45, 7) is 66.7. The molecule has 7 rings (SSSR count). The highest BCUT2D eigenvalue weighted by atomic mass is 14.5. The van der Waals surface area contributed by atoms with Crippen molar-refractivity contribution in [1.82, 2.24) is 0 Å². The van der Waals surface area contributed by atoms with Gasteiger partial charge >= 0.3 is 0 Å². The van der Waals surface area contributed by atoms with Gasteiger partial charge in [-0.3, -0.25) is 0 Å². The third-order valence-electron chi connectivity index (χ3n) is 20.9. The molecule has 1 saturated carbocycles. The summed E-state index contributed by atoms with van der Waals surface area (Å²) in [5, 5.41) is 0. The number of rotatable bonds is 22. The van der Waals surface area contributed by atoms with E-state index in [4.69, 9.17) is 0 Å². The molecule has 3 unspecified atom stereocenters. The normalized spacial score (nSPS) is 16.2. The first-order valence-corrected chi connectivity index (χ1v) is 34.9. The molecule has 0 bridgehead atoms. The zero-order valence-electron chi connectivity index (χ0n) is 62.9. The predicted octanol–water partition coefficient (Wildman–Crippen LogP) is 25.9. The quantitative estimate of drug-likeness (QED) is 0.0469. The molecule has 6 aromatic carbocycles. The summed E-state index contributed by atoms with van der Waals surface area (Å²) in [5.41, 5.74) is 19.4. The van der Waals surface area contributed by atoms with Crippen LogP contribution in [0.3, 0.4) is 0 Å². The summed E-state index contributed by atoms with van der Waals surface area (Å²) in [6.07, 6.45) is 29.7. The van der Waals surface area contributed by atoms with Gasteiger partial charge < -0.3 is 0 Å². The summed E-state index contributed by atoms with van der Waals surface area (Å²) < 4.78 is 0. The first kappa shape index (κ1) is 81.0. The Morgan fingerprint density at radius 3 is 1.24 bits per heavy atom. The minimum Gasteiger partial charge on any atom is -0.124 e. The summed E-state index contributed by atoms with van der Waals surface area (Å²) in [6, 6.07) is 57.6. The first-order valence-electron chi connectivity index (χ1n) is 34.9. The van der Waals surface area contributed by atoms with E-state index in [2.05, 4.69) is 329 Å². The van der Waals surface area contributed by atoms with Crippen molar-refractivity contribution in [3.8, 4) is 25.7 Å². The number of benzene rings is 6. The van der Waals surface area contributed by atoms with Crippen LogP contribution in [0.15, 0.2) is 171 Å². The SMILES string of the molecule is C#C.C#C.C=C.C=C(Cc1ccc(C(C)(C)C)cc1)C(C)(C)C(C)(C)Cc1ccc(C(C)(C)c2ccc(CCC(C)C(C)(C)Cc3ccc(C4(c5ccc(CCCC(C)(C)Cc6ccc(C(C)(C)C)cc6)cc5)CC(C)CC(C)(C)C4)cc3)cc2)cc1.CC.CC. The second-order valence-corrected chi connectivity index (χ2v) is 32.5. The molecule has 496 valence electrons. The molecule has 1 aliphatic rings. The van der Waals surface area contributed by atoms with Gasteiger partial charge in [-0.05, 0) is 194 Å². The van der Waals surface area contributed by atoms with Crippen LogP contribution in [0, 0.1) is 64.6 Å². The van der Waals surface area contributed by atoms with E-state index in [-0.39, 0.29) is 48.7 Å². The van der Waals surface area contributed by atoms with Crippen LogP contribution in [-0.4, -0.2) is 0 Å². The Kier molecular flexibility index (Phi) is 30.9. The van der Waals surface area contributed by atoms with Crippen LogP contribution in [-0.2, 0) is 60.2 Å². The molecule has 0 aliphatic heterocycles. The number of hydrogen-bond donors (Lipinski definition) is 0. The molecule has 6 aromatic rings. The van der Waals surface area contributed by atoms with E-state index in [1.54, 1.807) is 0 Å². The molecule has 0 radical (unpaired) electrons. The minimum absolute atomic E-state index is 0.0212. The summed E-state index contributed by atoms with van der Waals surface area (Å²) in [5.74, 6) is 1.25. The Balaban J connectivity index is 0.00000269. The number of hydrogen-bond acceptors (Lipinski definition) is 0. The van der Waals surface area contributed by atoms with Gasteiger partial charge in [0.1, 0.15) is 0 Å². The van der Waals surface area contributed by atoms with Gasteiger partial charge in [0.2, 0.25) is 0 Å². The van der Waals surface area contributed by atoms with Crippen molar-refractivity contribution in [1.29, 1.82) is 0 Å². The average Bonchev–Trinajstić information content (AvgIpc) is 0.759. The molecule has 0 nitrogen and oxygen atoms in total. The predicted molar refractivity (Wildman–Crippen MR) is 409 cm³/mol. The molecule has 1 fully saturated rings. The molecule has 3 atom stereocenters. The fourth-order valence-corrected chi connectivity index (χ4v) is 14.2. The van der Waals surface area contributed by atoms with E-state index < -0.39 is 0 Å². The highest BCUT2D eigenvalue weighted by Gasteiger charge is 2.45. The fraction of sp³-hybridized carbons (Fsp3) is 0.516. The Morgan fingerprint density at radius 2 is 0.824 bits per heavy atom. The molecule has 0 N–H and O–H groups in total. The van der Waals surface area contributed by atoms with Crippen molar-refractivity contribution >= 4 is 0 Å². The van der Waals surface area contributed by atoms with Crippen molar-refractivity contribution in [2.75, 3.05) is 0 Å². The van der Waals surface area contributed by atoms with E-state index in [1.165, 1.54) is 111 Å². The maximum atomic E-state index is 4.68. The van der Waals surface area contributed by atoms with E-state index in [0.717, 1.165) is 38.5 Å². The van der Waals surface area contributed by atoms with Crippen molar-refractivity contribution in [2.45, 2.75) is 265 Å². The third-order valence-corrected chi connectivity index (χ3v) is 20.9. The van der Waals surface area contributed by atoms with Gasteiger partial charge in [-0.2, -0.15) is 0 Å². The Labute approximate surface area is 563 Å². The van der Waals surface area contributed by atoms with E-state index in [9.17, 15) is 0 Å². The molecular weight excluding hydrogens is 1090 g/mol. The second kappa shape index (κ2) is 34.7. The van der Waals surface area contributed by atoms with Crippen molar-refractivity contribution in [2.24, 2.45) is 38.9 Å². The lowest BCUT2D eigenvalue weighted by Crippen LogP contribution is -2.41. The summed E-state index contributed by atoms with van der Waals surface area (Å²) >= 11 is 0. The van der Waals surface area contributed by atoms with Crippen LogP contribution in [0.4, 0.5) is 0 Å². The van der Waals surface area contributed by atoms with Gasteiger partial charge in [-0.25, -0.2) is 0 Å². The molecule has 0 amide bonds. The zero-order chi connectivity index (χ0) is 69.6. The molecular formula is C91H132. The van der Waals surface area contributed by atoms with Gasteiger partial charge in [-0.15, -0.1) is 38.9 Å². The molecule has 0 heterocycles. The van der Waals surface area contributed by atoms with E-state index in [1.807, 2.05) is 27.7 Å². The number of terminal acetylenes is 2. The number of aryl methyl sites for hydroxylation is 2. The molecule has 1 aliphatic carbocycles. The molecule has 0 heteroatoms. The van der Waals surface area contributed by atoms with Crippen LogP contribution >= 0.6 is 0 Å². The Bertz CT molecular complexity index is 3080. The standard InChI is InChI=1S/C81H112.2C2H6.C2H4.2C2H2/c1-58-52-76(12,13)57-81(53-58,71-46-28-61(29-47-71)23-22-50-75(10,11)54-64-32-40-68(41-33-64)74(7,8)9)72-48-36-65(37-49-72)55-77(14,15)59(2)24-25-62-26-42-69(43-27-62)79(18,19)70-44-34-66(35-45-70)56-78(16,17)80(20,21)60(3)51-63-30-38-67(39-31-63)73(4,5)6;5*1-2/h26-49,58-59H,3,22-25,50-57H2,1-2,4-21H3;2*1-2H3;1-2H2;2*1-2H. The van der Waals surface area contributed by atoms with Gasteiger partial charge in [-0.1, -0.05) is 324 Å². The molecule has 0 aromatic heterocycles. The molecule has 91 heavy (non-hydrogen) atoms. The van der Waals surface area contributed by atoms with Crippen LogP contribution in [0.2, 0.25) is 0 Å². The first-order chi connectivity index (χ1) is 42.5. The van der Waals surface area contributed by atoms with E-state index in [0.29, 0.717) is 11.8 Å². The highest BCUT2D eigenvalue weighted by molar-refractivity contribution is 5.44. The van der Waals surface area contributed by atoms with Gasteiger partial charge in [0.25, 0.3) is 0 Å². The number of allylic oxidation sites excluding steroid dienone is 1. The topological polar surface area (TPSA) is 0 Å². The second-order valence-electron chi connectivity index (χ2n) is 32.5. The monoisotopic (exact) mass is 1230 g/mol. The van der Waals surface area contributed by atoms with Crippen LogP contribution < -0.4 is 0 Å². The van der Waals surface area contributed by atoms with Gasteiger partial charge in [0.15, 0.2) is 0 Å². The lowest BCUT2D eigenvalue weighted by molar-refractivity contribution is 0.127. The Morgan fingerprint density at radius 1 is 0.473 bits per heavy atom. The average molecular weight is 1230 g/mol. The van der Waals surface area contributed by atoms with E-state index >= 15 is 0 Å². The molecule has 0 spiro atoms. The molecule has 0 saturated heterocycles. The highest BCUT2D eigenvalue weighted by Crippen LogP contribution is 2.54. The van der Waals surface area contributed by atoms with Crippen molar-refractivity contribution < 1.29 is 0 Å². The smallest absolute Gasteiger partial charge is 0.0210 e. The maximum Gasteiger partial charge on any atom is 0.0210 e. The Hall–Kier alpha value is -6.08. The summed E-state index contributed by atoms with van der Waals surface area (Å²) in [4.78, 5) is 0.